The van der Waals surface area contributed by atoms with Crippen LogP contribution in [0.15, 0.2) is 48.5 Å². The SMILES string of the molecule is CCC(C)CN1CC2N(C(=O)OCC3c4ccccc4-c4ccccc43)CCC(=O)N2[C@@H](C)C1=O. The maximum Gasteiger partial charge on any atom is 0.411 e. The van der Waals surface area contributed by atoms with Crippen LogP contribution in [0.5, 0.6) is 0 Å². The first-order valence-electron chi connectivity index (χ1n) is 12.6. The van der Waals surface area contributed by atoms with E-state index < -0.39 is 18.3 Å². The van der Waals surface area contributed by atoms with Gasteiger partial charge in [0, 0.05) is 25.4 Å². The van der Waals surface area contributed by atoms with E-state index in [1.165, 1.54) is 11.1 Å². The molecule has 7 heteroatoms. The van der Waals surface area contributed by atoms with E-state index in [2.05, 4.69) is 38.1 Å². The number of piperazine rings is 1. The van der Waals surface area contributed by atoms with Crippen molar-refractivity contribution in [2.45, 2.75) is 51.7 Å². The van der Waals surface area contributed by atoms with E-state index in [0.717, 1.165) is 17.5 Å². The molecule has 0 spiro atoms. The van der Waals surface area contributed by atoms with Gasteiger partial charge in [-0.2, -0.15) is 0 Å². The van der Waals surface area contributed by atoms with Gasteiger partial charge < -0.3 is 14.5 Å². The molecule has 0 saturated carbocycles. The van der Waals surface area contributed by atoms with E-state index >= 15 is 0 Å². The molecule has 1 aliphatic carbocycles. The predicted octanol–water partition coefficient (Wildman–Crippen LogP) is 4.07. The number of carbonyl (C=O) groups is 3. The third-order valence-electron chi connectivity index (χ3n) is 7.80. The molecule has 184 valence electrons. The van der Waals surface area contributed by atoms with Crippen LogP contribution >= 0.6 is 0 Å². The normalized spacial score (nSPS) is 22.5. The van der Waals surface area contributed by atoms with E-state index in [4.69, 9.17) is 4.74 Å². The van der Waals surface area contributed by atoms with E-state index in [-0.39, 0.29) is 30.8 Å². The van der Waals surface area contributed by atoms with Gasteiger partial charge in [-0.25, -0.2) is 4.79 Å². The molecule has 35 heavy (non-hydrogen) atoms. The lowest BCUT2D eigenvalue weighted by Crippen LogP contribution is -2.70. The second-order valence-corrected chi connectivity index (χ2v) is 9.96. The molecule has 2 aromatic rings. The fourth-order valence-electron chi connectivity index (χ4n) is 5.70. The van der Waals surface area contributed by atoms with E-state index in [9.17, 15) is 14.4 Å². The molecule has 0 bridgehead atoms. The highest BCUT2D eigenvalue weighted by Gasteiger charge is 2.47. The van der Waals surface area contributed by atoms with Gasteiger partial charge in [0.15, 0.2) is 0 Å². The van der Waals surface area contributed by atoms with Crippen molar-refractivity contribution >= 4 is 17.9 Å². The Morgan fingerprint density at radius 3 is 2.31 bits per heavy atom. The van der Waals surface area contributed by atoms with Crippen molar-refractivity contribution in [2.24, 2.45) is 5.92 Å². The Morgan fingerprint density at radius 1 is 1.06 bits per heavy atom. The van der Waals surface area contributed by atoms with Crippen LogP contribution in [-0.4, -0.2) is 71.1 Å². The molecule has 2 unspecified atom stereocenters. The standard InChI is InChI=1S/C28H33N3O4/c1-4-18(2)15-29-16-25-30(14-13-26(32)31(25)19(3)27(29)33)28(34)35-17-24-22-11-7-5-9-20(22)21-10-6-8-12-23(21)24/h5-12,18-19,24-25H,4,13-17H2,1-3H3/t18?,19-,25?/m0/s1. The summed E-state index contributed by atoms with van der Waals surface area (Å²) in [5.74, 6) is 0.188. The molecule has 3 aliphatic rings. The summed E-state index contributed by atoms with van der Waals surface area (Å²) in [4.78, 5) is 44.1. The van der Waals surface area contributed by atoms with Gasteiger partial charge >= 0.3 is 6.09 Å². The molecule has 2 aromatic carbocycles. The quantitative estimate of drug-likeness (QED) is 0.654. The van der Waals surface area contributed by atoms with Gasteiger partial charge in [-0.15, -0.1) is 0 Å². The van der Waals surface area contributed by atoms with Crippen molar-refractivity contribution in [2.75, 3.05) is 26.2 Å². The fourth-order valence-corrected chi connectivity index (χ4v) is 5.70. The first-order valence-corrected chi connectivity index (χ1v) is 12.6. The molecule has 3 amide bonds. The maximum absolute atomic E-state index is 13.4. The van der Waals surface area contributed by atoms with Gasteiger partial charge in [-0.3, -0.25) is 14.5 Å². The minimum Gasteiger partial charge on any atom is -0.448 e. The second kappa shape index (κ2) is 9.36. The third-order valence-corrected chi connectivity index (χ3v) is 7.80. The molecule has 2 fully saturated rings. The molecule has 2 saturated heterocycles. The zero-order valence-electron chi connectivity index (χ0n) is 20.6. The summed E-state index contributed by atoms with van der Waals surface area (Å²) in [6.45, 7) is 7.45. The van der Waals surface area contributed by atoms with Crippen molar-refractivity contribution in [1.29, 1.82) is 0 Å². The highest BCUT2D eigenvalue weighted by atomic mass is 16.6. The summed E-state index contributed by atoms with van der Waals surface area (Å²) >= 11 is 0. The largest absolute Gasteiger partial charge is 0.448 e. The van der Waals surface area contributed by atoms with Gasteiger partial charge in [0.05, 0.1) is 6.54 Å². The van der Waals surface area contributed by atoms with Gasteiger partial charge in [-0.05, 0) is 35.1 Å². The van der Waals surface area contributed by atoms with E-state index in [1.54, 1.807) is 16.7 Å². The van der Waals surface area contributed by atoms with E-state index in [1.807, 2.05) is 29.2 Å². The lowest BCUT2D eigenvalue weighted by molar-refractivity contribution is -0.167. The predicted molar refractivity (Wildman–Crippen MR) is 133 cm³/mol. The smallest absolute Gasteiger partial charge is 0.411 e. The second-order valence-electron chi connectivity index (χ2n) is 9.96. The van der Waals surface area contributed by atoms with Crippen molar-refractivity contribution in [3.63, 3.8) is 0 Å². The van der Waals surface area contributed by atoms with Crippen molar-refractivity contribution in [1.82, 2.24) is 14.7 Å². The Hall–Kier alpha value is -3.35. The number of hydrogen-bond donors (Lipinski definition) is 0. The van der Waals surface area contributed by atoms with Gasteiger partial charge in [0.2, 0.25) is 11.8 Å². The Labute approximate surface area is 206 Å². The topological polar surface area (TPSA) is 70.2 Å². The summed E-state index contributed by atoms with van der Waals surface area (Å²) in [7, 11) is 0. The molecule has 3 atom stereocenters. The monoisotopic (exact) mass is 475 g/mol. The lowest BCUT2D eigenvalue weighted by atomic mass is 9.98. The van der Waals surface area contributed by atoms with Crippen molar-refractivity contribution in [3.8, 4) is 11.1 Å². The van der Waals surface area contributed by atoms with Gasteiger partial charge in [-0.1, -0.05) is 68.8 Å². The highest BCUT2D eigenvalue weighted by molar-refractivity contribution is 5.90. The van der Waals surface area contributed by atoms with Crippen LogP contribution in [0, 0.1) is 5.92 Å². The van der Waals surface area contributed by atoms with Crippen LogP contribution in [0.3, 0.4) is 0 Å². The Balaban J connectivity index is 1.34. The number of ether oxygens (including phenoxy) is 1. The lowest BCUT2D eigenvalue weighted by Gasteiger charge is -2.51. The average Bonchev–Trinajstić information content (AvgIpc) is 3.19. The molecule has 2 heterocycles. The number of carbonyl (C=O) groups excluding carboxylic acids is 3. The highest BCUT2D eigenvalue weighted by Crippen LogP contribution is 2.44. The number of fused-ring (bicyclic) bond motifs is 4. The summed E-state index contributed by atoms with van der Waals surface area (Å²) < 4.78 is 5.91. The van der Waals surface area contributed by atoms with Crippen LogP contribution < -0.4 is 0 Å². The molecular weight excluding hydrogens is 442 g/mol. The van der Waals surface area contributed by atoms with E-state index in [0.29, 0.717) is 25.6 Å². The molecule has 7 nitrogen and oxygen atoms in total. The van der Waals surface area contributed by atoms with Crippen LogP contribution in [0.25, 0.3) is 11.1 Å². The molecule has 0 N–H and O–H groups in total. The van der Waals surface area contributed by atoms with Crippen LogP contribution in [0.4, 0.5) is 4.79 Å². The molecule has 5 rings (SSSR count). The first kappa shape index (κ1) is 23.4. The number of hydrogen-bond acceptors (Lipinski definition) is 4. The Bertz CT molecular complexity index is 1100. The number of benzene rings is 2. The van der Waals surface area contributed by atoms with Gasteiger partial charge in [0.25, 0.3) is 0 Å². The summed E-state index contributed by atoms with van der Waals surface area (Å²) in [5.41, 5.74) is 4.68. The third kappa shape index (κ3) is 4.07. The minimum atomic E-state index is -0.588. The fraction of sp³-hybridized carbons (Fsp3) is 0.464. The van der Waals surface area contributed by atoms with Gasteiger partial charge in [0.1, 0.15) is 18.8 Å². The number of amides is 3. The first-order chi connectivity index (χ1) is 16.9. The van der Waals surface area contributed by atoms with Crippen LogP contribution in [-0.2, 0) is 14.3 Å². The minimum absolute atomic E-state index is 0.0253. The summed E-state index contributed by atoms with van der Waals surface area (Å²) in [6.07, 6.45) is 0.230. The Kier molecular flexibility index (Phi) is 6.26. The van der Waals surface area contributed by atoms with Crippen LogP contribution in [0.1, 0.15) is 50.7 Å². The zero-order valence-corrected chi connectivity index (χ0v) is 20.6. The number of nitrogens with zero attached hydrogens (tertiary/aromatic N) is 3. The number of rotatable bonds is 5. The Morgan fingerprint density at radius 2 is 1.69 bits per heavy atom. The summed E-state index contributed by atoms with van der Waals surface area (Å²) in [5, 5.41) is 0. The molecule has 0 radical (unpaired) electrons. The molecule has 2 aliphatic heterocycles. The summed E-state index contributed by atoms with van der Waals surface area (Å²) in [6, 6.07) is 15.9. The van der Waals surface area contributed by atoms with Crippen molar-refractivity contribution < 1.29 is 19.1 Å². The van der Waals surface area contributed by atoms with Crippen LogP contribution in [0.2, 0.25) is 0 Å². The molecule has 0 aromatic heterocycles. The zero-order chi connectivity index (χ0) is 24.7. The molecular formula is C28H33N3O4. The van der Waals surface area contributed by atoms with Crippen molar-refractivity contribution in [3.05, 3.63) is 59.7 Å². The maximum atomic E-state index is 13.4. The average molecular weight is 476 g/mol.